The van der Waals surface area contributed by atoms with Crippen LogP contribution in [0.25, 0.3) is 0 Å². The molecule has 0 aliphatic heterocycles. The van der Waals surface area contributed by atoms with Crippen molar-refractivity contribution in [3.8, 4) is 0 Å². The van der Waals surface area contributed by atoms with Gasteiger partial charge in [-0.2, -0.15) is 5.10 Å². The van der Waals surface area contributed by atoms with Crippen LogP contribution in [-0.4, -0.2) is 21.0 Å². The molecule has 2 aromatic rings. The van der Waals surface area contributed by atoms with Gasteiger partial charge >= 0.3 is 0 Å². The lowest BCUT2D eigenvalue weighted by molar-refractivity contribution is -0.384. The number of nitro benzene ring substituents is 1. The minimum Gasteiger partial charge on any atom is -0.345 e. The fourth-order valence-electron chi connectivity index (χ4n) is 1.67. The van der Waals surface area contributed by atoms with E-state index in [9.17, 15) is 14.9 Å². The van der Waals surface area contributed by atoms with E-state index in [4.69, 9.17) is 11.6 Å². The van der Waals surface area contributed by atoms with Crippen LogP contribution in [0.3, 0.4) is 0 Å². The number of non-ortho nitro benzene ring substituents is 1. The van der Waals surface area contributed by atoms with Crippen LogP contribution in [-0.2, 0) is 0 Å². The number of carbonyl (C=O) groups is 1. The average molecular weight is 295 g/mol. The van der Waals surface area contributed by atoms with E-state index in [1.165, 1.54) is 18.2 Å². The molecule has 0 saturated heterocycles. The summed E-state index contributed by atoms with van der Waals surface area (Å²) < 4.78 is 0. The zero-order valence-electron chi connectivity index (χ0n) is 10.5. The van der Waals surface area contributed by atoms with Crippen LogP contribution < -0.4 is 5.32 Å². The van der Waals surface area contributed by atoms with Crippen molar-refractivity contribution < 1.29 is 9.72 Å². The molecule has 7 nitrogen and oxygen atoms in total. The predicted octanol–water partition coefficient (Wildman–Crippen LogP) is 2.46. The molecule has 2 N–H and O–H groups in total. The number of carbonyl (C=O) groups excluding carboxylic acids is 1. The number of benzene rings is 1. The summed E-state index contributed by atoms with van der Waals surface area (Å²) in [5.74, 6) is -0.440. The number of rotatable bonds is 4. The van der Waals surface area contributed by atoms with E-state index in [1.54, 1.807) is 19.3 Å². The van der Waals surface area contributed by atoms with E-state index < -0.39 is 10.8 Å². The number of nitrogens with one attached hydrogen (secondary N) is 2. The van der Waals surface area contributed by atoms with Crippen molar-refractivity contribution in [3.63, 3.8) is 0 Å². The molecule has 0 radical (unpaired) electrons. The molecule has 1 amide bonds. The van der Waals surface area contributed by atoms with Gasteiger partial charge < -0.3 is 5.32 Å². The Balaban J connectivity index is 2.19. The predicted molar refractivity (Wildman–Crippen MR) is 72.6 cm³/mol. The molecule has 1 aromatic heterocycles. The van der Waals surface area contributed by atoms with E-state index >= 15 is 0 Å². The second kappa shape index (κ2) is 5.70. The molecule has 0 fully saturated rings. The maximum Gasteiger partial charge on any atom is 0.271 e. The highest BCUT2D eigenvalue weighted by molar-refractivity contribution is 6.31. The third-order valence-corrected chi connectivity index (χ3v) is 2.94. The van der Waals surface area contributed by atoms with Crippen LogP contribution in [0, 0.1) is 10.1 Å². The molecule has 0 aliphatic carbocycles. The highest BCUT2D eigenvalue weighted by atomic mass is 35.5. The monoisotopic (exact) mass is 294 g/mol. The van der Waals surface area contributed by atoms with Crippen LogP contribution in [0.1, 0.15) is 28.9 Å². The summed E-state index contributed by atoms with van der Waals surface area (Å²) in [6.07, 6.45) is 3.25. The van der Waals surface area contributed by atoms with E-state index in [0.717, 1.165) is 5.56 Å². The molecule has 104 valence electrons. The number of nitro groups is 1. The minimum absolute atomic E-state index is 0.138. The molecular weight excluding hydrogens is 284 g/mol. The first-order chi connectivity index (χ1) is 9.47. The Bertz CT molecular complexity index is 642. The molecule has 1 atom stereocenters. The van der Waals surface area contributed by atoms with Gasteiger partial charge in [0, 0.05) is 34.5 Å². The van der Waals surface area contributed by atoms with Gasteiger partial charge in [-0.05, 0) is 13.0 Å². The van der Waals surface area contributed by atoms with E-state index in [2.05, 4.69) is 15.5 Å². The molecule has 2 rings (SSSR count). The first kappa shape index (κ1) is 14.0. The van der Waals surface area contributed by atoms with Crippen molar-refractivity contribution in [3.05, 3.63) is 56.9 Å². The zero-order valence-corrected chi connectivity index (χ0v) is 11.2. The Morgan fingerprint density at radius 2 is 2.25 bits per heavy atom. The third kappa shape index (κ3) is 3.12. The molecule has 0 bridgehead atoms. The molecule has 0 spiro atoms. The topological polar surface area (TPSA) is 101 Å². The number of H-pyrrole nitrogens is 1. The summed E-state index contributed by atoms with van der Waals surface area (Å²) in [7, 11) is 0. The molecular formula is C12H11ClN4O3. The second-order valence-corrected chi connectivity index (χ2v) is 4.62. The van der Waals surface area contributed by atoms with Crippen molar-refractivity contribution in [1.82, 2.24) is 15.5 Å². The highest BCUT2D eigenvalue weighted by Gasteiger charge is 2.16. The van der Waals surface area contributed by atoms with Crippen molar-refractivity contribution in [2.75, 3.05) is 0 Å². The summed E-state index contributed by atoms with van der Waals surface area (Å²) in [6, 6.07) is 3.48. The smallest absolute Gasteiger partial charge is 0.271 e. The first-order valence-corrected chi connectivity index (χ1v) is 6.09. The molecule has 0 saturated carbocycles. The average Bonchev–Trinajstić information content (AvgIpc) is 2.91. The lowest BCUT2D eigenvalue weighted by atomic mass is 10.1. The van der Waals surface area contributed by atoms with Crippen LogP contribution in [0.15, 0.2) is 30.6 Å². The van der Waals surface area contributed by atoms with Gasteiger partial charge in [-0.15, -0.1) is 0 Å². The van der Waals surface area contributed by atoms with Crippen LogP contribution in [0.4, 0.5) is 5.69 Å². The standard InChI is InChI=1S/C12H11ClN4O3/c1-7(9-5-14-15-6-9)16-12(18)8-2-10(13)4-11(3-8)17(19)20/h2-7H,1H3,(H,14,15)(H,16,18). The highest BCUT2D eigenvalue weighted by Crippen LogP contribution is 2.21. The van der Waals surface area contributed by atoms with E-state index in [0.29, 0.717) is 0 Å². The third-order valence-electron chi connectivity index (χ3n) is 2.72. The van der Waals surface area contributed by atoms with Gasteiger partial charge in [0.05, 0.1) is 17.2 Å². The summed E-state index contributed by atoms with van der Waals surface area (Å²) in [4.78, 5) is 22.2. The number of aromatic amines is 1. The first-order valence-electron chi connectivity index (χ1n) is 5.72. The van der Waals surface area contributed by atoms with Crippen molar-refractivity contribution in [2.24, 2.45) is 0 Å². The molecule has 1 unspecified atom stereocenters. The quantitative estimate of drug-likeness (QED) is 0.668. The molecule has 8 heteroatoms. The minimum atomic E-state index is -0.595. The Morgan fingerprint density at radius 1 is 1.50 bits per heavy atom. The van der Waals surface area contributed by atoms with Crippen LogP contribution >= 0.6 is 11.6 Å². The number of aromatic nitrogens is 2. The Morgan fingerprint density at radius 3 is 2.85 bits per heavy atom. The van der Waals surface area contributed by atoms with Crippen molar-refractivity contribution >= 4 is 23.2 Å². The second-order valence-electron chi connectivity index (χ2n) is 4.18. The molecule has 1 heterocycles. The number of hydrogen-bond acceptors (Lipinski definition) is 4. The van der Waals surface area contributed by atoms with Gasteiger partial charge in [0.25, 0.3) is 11.6 Å². The zero-order chi connectivity index (χ0) is 14.7. The number of halogens is 1. The Hall–Kier alpha value is -2.41. The number of hydrogen-bond donors (Lipinski definition) is 2. The maximum atomic E-state index is 12.1. The summed E-state index contributed by atoms with van der Waals surface area (Å²) in [5.41, 5.74) is 0.716. The Kier molecular flexibility index (Phi) is 3.99. The number of amides is 1. The van der Waals surface area contributed by atoms with Gasteiger partial charge in [0.15, 0.2) is 0 Å². The van der Waals surface area contributed by atoms with E-state index in [-0.39, 0.29) is 22.3 Å². The lowest BCUT2D eigenvalue weighted by Gasteiger charge is -2.12. The SMILES string of the molecule is CC(NC(=O)c1cc(Cl)cc([N+](=O)[O-])c1)c1cn[nH]c1. The summed E-state index contributed by atoms with van der Waals surface area (Å²) in [6.45, 7) is 1.78. The maximum absolute atomic E-state index is 12.1. The van der Waals surface area contributed by atoms with Gasteiger partial charge in [-0.1, -0.05) is 11.6 Å². The fourth-order valence-corrected chi connectivity index (χ4v) is 1.90. The van der Waals surface area contributed by atoms with Crippen LogP contribution in [0.5, 0.6) is 0 Å². The summed E-state index contributed by atoms with van der Waals surface area (Å²) >= 11 is 5.77. The summed E-state index contributed by atoms with van der Waals surface area (Å²) in [5, 5.41) is 20.0. The van der Waals surface area contributed by atoms with Crippen LogP contribution in [0.2, 0.25) is 5.02 Å². The number of nitrogens with zero attached hydrogens (tertiary/aromatic N) is 2. The molecule has 1 aromatic carbocycles. The van der Waals surface area contributed by atoms with Gasteiger partial charge in [-0.3, -0.25) is 20.0 Å². The normalized spacial score (nSPS) is 11.9. The van der Waals surface area contributed by atoms with Crippen molar-refractivity contribution in [2.45, 2.75) is 13.0 Å². The fraction of sp³-hybridized carbons (Fsp3) is 0.167. The Labute approximate surface area is 119 Å². The van der Waals surface area contributed by atoms with Gasteiger partial charge in [-0.25, -0.2) is 0 Å². The molecule has 20 heavy (non-hydrogen) atoms. The lowest BCUT2D eigenvalue weighted by Crippen LogP contribution is -2.26. The van der Waals surface area contributed by atoms with Gasteiger partial charge in [0.1, 0.15) is 0 Å². The van der Waals surface area contributed by atoms with E-state index in [1.807, 2.05) is 0 Å². The largest absolute Gasteiger partial charge is 0.345 e. The van der Waals surface area contributed by atoms with Crippen molar-refractivity contribution in [1.29, 1.82) is 0 Å². The molecule has 0 aliphatic rings. The van der Waals surface area contributed by atoms with Gasteiger partial charge in [0.2, 0.25) is 0 Å².